The van der Waals surface area contributed by atoms with Crippen LogP contribution in [0.3, 0.4) is 0 Å². The van der Waals surface area contributed by atoms with E-state index < -0.39 is 6.16 Å². The molecule has 1 heterocycles. The molecule has 4 nitrogen and oxygen atoms in total. The summed E-state index contributed by atoms with van der Waals surface area (Å²) in [5.41, 5.74) is 0. The molecule has 0 aromatic carbocycles. The SMILES string of the molecule is CCCCCCCCCCCCCCCOC(=O)OC1CCC[N]1. The van der Waals surface area contributed by atoms with Gasteiger partial charge in [-0.3, -0.25) is 0 Å². The highest BCUT2D eigenvalue weighted by atomic mass is 16.7. The second kappa shape index (κ2) is 15.7. The van der Waals surface area contributed by atoms with Gasteiger partial charge in [-0.05, 0) is 12.8 Å². The van der Waals surface area contributed by atoms with Crippen LogP contribution in [0.15, 0.2) is 0 Å². The lowest BCUT2D eigenvalue weighted by molar-refractivity contribution is 0.0168. The van der Waals surface area contributed by atoms with Crippen LogP contribution in [0.4, 0.5) is 4.79 Å². The Balaban J connectivity index is 1.72. The summed E-state index contributed by atoms with van der Waals surface area (Å²) in [5.74, 6) is 0. The monoisotopic (exact) mass is 340 g/mol. The number of unbranched alkanes of at least 4 members (excludes halogenated alkanes) is 12. The first-order chi connectivity index (χ1) is 11.8. The molecule has 1 saturated heterocycles. The topological polar surface area (TPSA) is 49.6 Å². The molecule has 1 atom stereocenters. The highest BCUT2D eigenvalue weighted by Crippen LogP contribution is 2.13. The Morgan fingerprint density at radius 3 is 1.92 bits per heavy atom. The second-order valence-electron chi connectivity index (χ2n) is 6.96. The van der Waals surface area contributed by atoms with Gasteiger partial charge in [0.1, 0.15) is 0 Å². The van der Waals surface area contributed by atoms with Gasteiger partial charge in [-0.1, -0.05) is 84.0 Å². The van der Waals surface area contributed by atoms with E-state index in [2.05, 4.69) is 12.2 Å². The predicted molar refractivity (Wildman–Crippen MR) is 98.2 cm³/mol. The first-order valence-corrected chi connectivity index (χ1v) is 10.3. The predicted octanol–water partition coefficient (Wildman–Crippen LogP) is 5.96. The Morgan fingerprint density at radius 2 is 1.42 bits per heavy atom. The average Bonchev–Trinajstić information content (AvgIpc) is 3.08. The van der Waals surface area contributed by atoms with E-state index in [0.717, 1.165) is 32.2 Å². The third kappa shape index (κ3) is 12.6. The number of carbonyl (C=O) groups is 1. The summed E-state index contributed by atoms with van der Waals surface area (Å²) < 4.78 is 10.2. The third-order valence-corrected chi connectivity index (χ3v) is 4.64. The summed E-state index contributed by atoms with van der Waals surface area (Å²) in [4.78, 5) is 11.4. The fraction of sp³-hybridized carbons (Fsp3) is 0.950. The van der Waals surface area contributed by atoms with Gasteiger partial charge in [-0.2, -0.15) is 0 Å². The maximum atomic E-state index is 11.4. The molecule has 0 aromatic rings. The molecule has 1 radical (unpaired) electrons. The van der Waals surface area contributed by atoms with E-state index in [-0.39, 0.29) is 6.23 Å². The van der Waals surface area contributed by atoms with E-state index in [0.29, 0.717) is 6.61 Å². The van der Waals surface area contributed by atoms with Crippen molar-refractivity contribution < 1.29 is 14.3 Å². The molecule has 1 fully saturated rings. The standard InChI is InChI=1S/C20H38NO3/c1-2-3-4-5-6-7-8-9-10-11-12-13-14-18-23-20(22)24-19-16-15-17-21-19/h19H,2-18H2,1H3. The number of ether oxygens (including phenoxy) is 2. The minimum absolute atomic E-state index is 0.260. The van der Waals surface area contributed by atoms with E-state index in [1.54, 1.807) is 0 Å². The van der Waals surface area contributed by atoms with Crippen LogP contribution in [0, 0.1) is 0 Å². The molecule has 0 saturated carbocycles. The van der Waals surface area contributed by atoms with Crippen molar-refractivity contribution >= 4 is 6.16 Å². The molecule has 0 aliphatic carbocycles. The number of nitrogens with zero attached hydrogens (tertiary/aromatic N) is 1. The van der Waals surface area contributed by atoms with Crippen molar-refractivity contribution in [1.29, 1.82) is 0 Å². The summed E-state index contributed by atoms with van der Waals surface area (Å²) in [6.45, 7) is 3.55. The van der Waals surface area contributed by atoms with Crippen molar-refractivity contribution in [2.45, 2.75) is 109 Å². The maximum absolute atomic E-state index is 11.4. The molecular formula is C20H38NO3. The zero-order valence-electron chi connectivity index (χ0n) is 15.8. The first-order valence-electron chi connectivity index (χ1n) is 10.3. The van der Waals surface area contributed by atoms with Crippen LogP contribution < -0.4 is 5.32 Å². The van der Waals surface area contributed by atoms with Gasteiger partial charge in [-0.15, -0.1) is 0 Å². The van der Waals surface area contributed by atoms with Gasteiger partial charge in [0.25, 0.3) is 0 Å². The van der Waals surface area contributed by atoms with E-state index >= 15 is 0 Å². The number of hydrogen-bond donors (Lipinski definition) is 0. The average molecular weight is 341 g/mol. The molecule has 24 heavy (non-hydrogen) atoms. The largest absolute Gasteiger partial charge is 0.509 e. The molecule has 0 bridgehead atoms. The number of rotatable bonds is 15. The van der Waals surface area contributed by atoms with Crippen molar-refractivity contribution in [1.82, 2.24) is 5.32 Å². The number of carbonyl (C=O) groups excluding carboxylic acids is 1. The molecule has 1 rings (SSSR count). The van der Waals surface area contributed by atoms with E-state index in [9.17, 15) is 4.79 Å². The molecule has 141 valence electrons. The minimum Gasteiger partial charge on any atom is -0.434 e. The molecule has 1 unspecified atom stereocenters. The summed E-state index contributed by atoms with van der Waals surface area (Å²) in [5, 5.41) is 4.17. The third-order valence-electron chi connectivity index (χ3n) is 4.64. The Kier molecular flexibility index (Phi) is 14.0. The summed E-state index contributed by atoms with van der Waals surface area (Å²) in [6.07, 6.45) is 18.2. The minimum atomic E-state index is -0.551. The highest BCUT2D eigenvalue weighted by molar-refractivity contribution is 5.60. The van der Waals surface area contributed by atoms with Crippen LogP contribution in [0.25, 0.3) is 0 Å². The Labute approximate surface area is 149 Å². The van der Waals surface area contributed by atoms with Crippen molar-refractivity contribution in [2.24, 2.45) is 0 Å². The second-order valence-corrected chi connectivity index (χ2v) is 6.96. The van der Waals surface area contributed by atoms with E-state index in [4.69, 9.17) is 9.47 Å². The van der Waals surface area contributed by atoms with Crippen LogP contribution in [0.2, 0.25) is 0 Å². The summed E-state index contributed by atoms with van der Waals surface area (Å²) in [6, 6.07) is 0. The molecule has 0 amide bonds. The smallest absolute Gasteiger partial charge is 0.434 e. The molecule has 0 N–H and O–H groups in total. The first kappa shape index (κ1) is 21.3. The van der Waals surface area contributed by atoms with Crippen molar-refractivity contribution in [3.8, 4) is 0 Å². The maximum Gasteiger partial charge on any atom is 0.509 e. The summed E-state index contributed by atoms with van der Waals surface area (Å²) in [7, 11) is 0. The van der Waals surface area contributed by atoms with Gasteiger partial charge >= 0.3 is 6.16 Å². The Bertz CT molecular complexity index is 291. The van der Waals surface area contributed by atoms with Crippen LogP contribution in [-0.4, -0.2) is 25.5 Å². The quantitative estimate of drug-likeness (QED) is 0.273. The van der Waals surface area contributed by atoms with Gasteiger partial charge < -0.3 is 9.47 Å². The highest BCUT2D eigenvalue weighted by Gasteiger charge is 2.20. The fourth-order valence-corrected chi connectivity index (χ4v) is 3.11. The Morgan fingerprint density at radius 1 is 0.875 bits per heavy atom. The fourth-order valence-electron chi connectivity index (χ4n) is 3.11. The molecular weight excluding hydrogens is 302 g/mol. The lowest BCUT2D eigenvalue weighted by Gasteiger charge is -2.10. The van der Waals surface area contributed by atoms with Crippen LogP contribution in [0.1, 0.15) is 103 Å². The van der Waals surface area contributed by atoms with Gasteiger partial charge in [0.2, 0.25) is 0 Å². The van der Waals surface area contributed by atoms with E-state index in [1.807, 2.05) is 0 Å². The van der Waals surface area contributed by atoms with Crippen LogP contribution >= 0.6 is 0 Å². The van der Waals surface area contributed by atoms with Gasteiger partial charge in [0, 0.05) is 13.0 Å². The molecule has 0 spiro atoms. The van der Waals surface area contributed by atoms with Crippen molar-refractivity contribution in [2.75, 3.05) is 13.2 Å². The molecule has 4 heteroatoms. The lowest BCUT2D eigenvalue weighted by atomic mass is 10.0. The van der Waals surface area contributed by atoms with Gasteiger partial charge in [0.15, 0.2) is 6.23 Å². The summed E-state index contributed by atoms with van der Waals surface area (Å²) >= 11 is 0. The lowest BCUT2D eigenvalue weighted by Crippen LogP contribution is -2.23. The normalized spacial score (nSPS) is 17.1. The Hall–Kier alpha value is -0.770. The van der Waals surface area contributed by atoms with Gasteiger partial charge in [-0.25, -0.2) is 10.1 Å². The molecule has 0 aromatic heterocycles. The van der Waals surface area contributed by atoms with E-state index in [1.165, 1.54) is 70.6 Å². The van der Waals surface area contributed by atoms with Crippen LogP contribution in [-0.2, 0) is 9.47 Å². The van der Waals surface area contributed by atoms with Crippen LogP contribution in [0.5, 0.6) is 0 Å². The van der Waals surface area contributed by atoms with Crippen molar-refractivity contribution in [3.63, 3.8) is 0 Å². The van der Waals surface area contributed by atoms with Crippen molar-refractivity contribution in [3.05, 3.63) is 0 Å². The zero-order chi connectivity index (χ0) is 17.3. The zero-order valence-corrected chi connectivity index (χ0v) is 15.8. The van der Waals surface area contributed by atoms with Gasteiger partial charge in [0.05, 0.1) is 6.61 Å². The molecule has 1 aliphatic rings. The molecule has 1 aliphatic heterocycles. The number of hydrogen-bond acceptors (Lipinski definition) is 3.